The van der Waals surface area contributed by atoms with Crippen molar-refractivity contribution in [1.82, 2.24) is 0 Å². The fourth-order valence-electron chi connectivity index (χ4n) is 1.85. The van der Waals surface area contributed by atoms with Crippen LogP contribution in [0.2, 0.25) is 0 Å². The van der Waals surface area contributed by atoms with Gasteiger partial charge in [0.1, 0.15) is 0 Å². The van der Waals surface area contributed by atoms with E-state index in [1.807, 2.05) is 25.1 Å². The molecule has 0 fully saturated rings. The van der Waals surface area contributed by atoms with E-state index in [2.05, 4.69) is 5.32 Å². The van der Waals surface area contributed by atoms with E-state index in [-0.39, 0.29) is 6.54 Å². The van der Waals surface area contributed by atoms with Gasteiger partial charge in [-0.2, -0.15) is 0 Å². The van der Waals surface area contributed by atoms with Crippen LogP contribution in [0.5, 0.6) is 0 Å². The number of anilines is 1. The first-order valence-corrected chi connectivity index (χ1v) is 5.91. The Bertz CT molecular complexity index is 660. The van der Waals surface area contributed by atoms with Crippen LogP contribution in [-0.4, -0.2) is 4.92 Å². The molecule has 0 radical (unpaired) electrons. The molecule has 20 heavy (non-hydrogen) atoms. The van der Waals surface area contributed by atoms with Gasteiger partial charge in [0.05, 0.1) is 4.92 Å². The Morgan fingerprint density at radius 3 is 2.55 bits per heavy atom. The van der Waals surface area contributed by atoms with Crippen LogP contribution in [0.4, 0.5) is 20.2 Å². The van der Waals surface area contributed by atoms with Gasteiger partial charge < -0.3 is 5.32 Å². The molecule has 0 saturated heterocycles. The molecule has 0 aliphatic carbocycles. The Morgan fingerprint density at radius 1 is 1.20 bits per heavy atom. The molecule has 104 valence electrons. The third-order valence-electron chi connectivity index (χ3n) is 2.99. The maximum Gasteiger partial charge on any atom is 0.295 e. The summed E-state index contributed by atoms with van der Waals surface area (Å²) in [5.74, 6) is -2.37. The van der Waals surface area contributed by atoms with Crippen molar-refractivity contribution in [2.45, 2.75) is 13.5 Å². The topological polar surface area (TPSA) is 55.2 Å². The van der Waals surface area contributed by atoms with E-state index in [0.29, 0.717) is 0 Å². The highest BCUT2D eigenvalue weighted by Crippen LogP contribution is 2.29. The van der Waals surface area contributed by atoms with Crippen molar-refractivity contribution in [2.24, 2.45) is 0 Å². The number of halogens is 2. The van der Waals surface area contributed by atoms with Gasteiger partial charge in [-0.15, -0.1) is 0 Å². The van der Waals surface area contributed by atoms with Crippen molar-refractivity contribution in [3.63, 3.8) is 0 Å². The van der Waals surface area contributed by atoms with Crippen LogP contribution in [0.3, 0.4) is 0 Å². The quantitative estimate of drug-likeness (QED) is 0.683. The van der Waals surface area contributed by atoms with E-state index in [1.165, 1.54) is 0 Å². The van der Waals surface area contributed by atoms with Crippen LogP contribution in [0.15, 0.2) is 36.4 Å². The first-order chi connectivity index (χ1) is 9.50. The summed E-state index contributed by atoms with van der Waals surface area (Å²) in [4.78, 5) is 10.1. The van der Waals surface area contributed by atoms with E-state index in [9.17, 15) is 18.9 Å². The summed E-state index contributed by atoms with van der Waals surface area (Å²) < 4.78 is 26.9. The van der Waals surface area contributed by atoms with Crippen molar-refractivity contribution >= 4 is 11.4 Å². The number of rotatable bonds is 4. The lowest BCUT2D eigenvalue weighted by atomic mass is 10.1. The first kappa shape index (κ1) is 13.9. The molecule has 0 amide bonds. The van der Waals surface area contributed by atoms with Gasteiger partial charge in [0.2, 0.25) is 0 Å². The zero-order valence-electron chi connectivity index (χ0n) is 10.7. The number of nitro benzene ring substituents is 1. The Balaban J connectivity index is 2.31. The van der Waals surface area contributed by atoms with Crippen molar-refractivity contribution in [3.05, 3.63) is 69.3 Å². The van der Waals surface area contributed by atoms with Crippen LogP contribution in [0.25, 0.3) is 0 Å². The average molecular weight is 278 g/mol. The second-order valence-corrected chi connectivity index (χ2v) is 4.29. The third kappa shape index (κ3) is 2.74. The highest BCUT2D eigenvalue weighted by atomic mass is 19.2. The largest absolute Gasteiger partial charge is 0.373 e. The van der Waals surface area contributed by atoms with Gasteiger partial charge in [-0.25, -0.2) is 8.78 Å². The Morgan fingerprint density at radius 2 is 1.90 bits per heavy atom. The maximum atomic E-state index is 13.7. The molecule has 2 aromatic carbocycles. The summed E-state index contributed by atoms with van der Waals surface area (Å²) in [5.41, 5.74) is 0.890. The van der Waals surface area contributed by atoms with Gasteiger partial charge in [0, 0.05) is 12.6 Å². The molecule has 0 atom stereocenters. The molecule has 0 bridgehead atoms. The molecule has 0 aliphatic rings. The number of nitro groups is 1. The van der Waals surface area contributed by atoms with Crippen LogP contribution >= 0.6 is 0 Å². The molecular weight excluding hydrogens is 266 g/mol. The van der Waals surface area contributed by atoms with Gasteiger partial charge >= 0.3 is 0 Å². The first-order valence-electron chi connectivity index (χ1n) is 5.91. The molecule has 4 nitrogen and oxygen atoms in total. The molecule has 0 heterocycles. The number of hydrogen-bond acceptors (Lipinski definition) is 3. The third-order valence-corrected chi connectivity index (χ3v) is 2.99. The SMILES string of the molecule is Cc1ccccc1CNc1c([N+](=O)[O-])ccc(F)c1F. The van der Waals surface area contributed by atoms with Gasteiger partial charge in [-0.3, -0.25) is 10.1 Å². The second kappa shape index (κ2) is 5.64. The molecule has 2 rings (SSSR count). The summed E-state index contributed by atoms with van der Waals surface area (Å²) in [6.45, 7) is 2.04. The minimum Gasteiger partial charge on any atom is -0.373 e. The summed E-state index contributed by atoms with van der Waals surface area (Å²) >= 11 is 0. The minimum absolute atomic E-state index is 0.174. The van der Waals surface area contributed by atoms with Crippen LogP contribution in [-0.2, 0) is 6.54 Å². The average Bonchev–Trinajstić information content (AvgIpc) is 2.41. The molecule has 0 spiro atoms. The molecule has 0 unspecified atom stereocenters. The van der Waals surface area contributed by atoms with Crippen molar-refractivity contribution in [2.75, 3.05) is 5.32 Å². The van der Waals surface area contributed by atoms with Gasteiger partial charge in [0.25, 0.3) is 5.69 Å². The van der Waals surface area contributed by atoms with Crippen LogP contribution < -0.4 is 5.32 Å². The molecule has 2 aromatic rings. The van der Waals surface area contributed by atoms with Crippen LogP contribution in [0, 0.1) is 28.7 Å². The Kier molecular flexibility index (Phi) is 3.93. The van der Waals surface area contributed by atoms with Crippen molar-refractivity contribution < 1.29 is 13.7 Å². The normalized spacial score (nSPS) is 10.3. The second-order valence-electron chi connectivity index (χ2n) is 4.29. The van der Waals surface area contributed by atoms with Crippen molar-refractivity contribution in [3.8, 4) is 0 Å². The molecule has 1 N–H and O–H groups in total. The fraction of sp³-hybridized carbons (Fsp3) is 0.143. The van der Waals surface area contributed by atoms with Crippen molar-refractivity contribution in [1.29, 1.82) is 0 Å². The zero-order chi connectivity index (χ0) is 14.7. The predicted molar refractivity (Wildman–Crippen MR) is 71.5 cm³/mol. The monoisotopic (exact) mass is 278 g/mol. The summed E-state index contributed by atoms with van der Waals surface area (Å²) in [6.07, 6.45) is 0. The van der Waals surface area contributed by atoms with E-state index >= 15 is 0 Å². The van der Waals surface area contributed by atoms with Gasteiger partial charge in [-0.1, -0.05) is 24.3 Å². The zero-order valence-corrected chi connectivity index (χ0v) is 10.7. The smallest absolute Gasteiger partial charge is 0.295 e. The van der Waals surface area contributed by atoms with E-state index < -0.39 is 27.9 Å². The fourth-order valence-corrected chi connectivity index (χ4v) is 1.85. The number of nitrogens with zero attached hydrogens (tertiary/aromatic N) is 1. The summed E-state index contributed by atoms with van der Waals surface area (Å²) in [7, 11) is 0. The lowest BCUT2D eigenvalue weighted by molar-refractivity contribution is -0.384. The lowest BCUT2D eigenvalue weighted by Crippen LogP contribution is -2.07. The Labute approximate surface area is 114 Å². The molecular formula is C14H12F2N2O2. The van der Waals surface area contributed by atoms with Gasteiger partial charge in [0.15, 0.2) is 17.3 Å². The van der Waals surface area contributed by atoms with E-state index in [0.717, 1.165) is 23.3 Å². The van der Waals surface area contributed by atoms with Gasteiger partial charge in [-0.05, 0) is 24.1 Å². The standard InChI is InChI=1S/C14H12F2N2O2/c1-9-4-2-3-5-10(9)8-17-14-12(18(19)20)7-6-11(15)13(14)16/h2-7,17H,8H2,1H3. The molecule has 6 heteroatoms. The molecule has 0 aromatic heterocycles. The highest BCUT2D eigenvalue weighted by molar-refractivity contribution is 5.62. The summed E-state index contributed by atoms with van der Waals surface area (Å²) in [5, 5.41) is 13.4. The van der Waals surface area contributed by atoms with E-state index in [4.69, 9.17) is 0 Å². The molecule has 0 saturated carbocycles. The number of benzene rings is 2. The lowest BCUT2D eigenvalue weighted by Gasteiger charge is -2.10. The maximum absolute atomic E-state index is 13.7. The van der Waals surface area contributed by atoms with E-state index in [1.54, 1.807) is 6.07 Å². The molecule has 0 aliphatic heterocycles. The highest BCUT2D eigenvalue weighted by Gasteiger charge is 2.21. The number of aryl methyl sites for hydroxylation is 1. The Hall–Kier alpha value is -2.50. The predicted octanol–water partition coefficient (Wildman–Crippen LogP) is 3.79. The number of hydrogen-bond donors (Lipinski definition) is 1. The number of nitrogens with one attached hydrogen (secondary N) is 1. The van der Waals surface area contributed by atoms with Crippen LogP contribution in [0.1, 0.15) is 11.1 Å². The minimum atomic E-state index is -1.24. The summed E-state index contributed by atoms with van der Waals surface area (Å²) in [6, 6.07) is 9.02.